The van der Waals surface area contributed by atoms with Crippen LogP contribution < -0.4 is 10.6 Å². The van der Waals surface area contributed by atoms with Crippen LogP contribution >= 0.6 is 27.7 Å². The summed E-state index contributed by atoms with van der Waals surface area (Å²) in [5.41, 5.74) is 0.664. The van der Waals surface area contributed by atoms with E-state index in [1.807, 2.05) is 29.7 Å². The van der Waals surface area contributed by atoms with E-state index in [1.165, 1.54) is 11.8 Å². The molecular weight excluding hydrogens is 382 g/mol. The minimum absolute atomic E-state index is 0.0821. The van der Waals surface area contributed by atoms with Crippen LogP contribution in [0.3, 0.4) is 0 Å². The molecule has 9 heteroatoms. The van der Waals surface area contributed by atoms with Gasteiger partial charge in [0, 0.05) is 11.0 Å². The van der Waals surface area contributed by atoms with Gasteiger partial charge < -0.3 is 15.2 Å². The molecule has 0 bridgehead atoms. The molecule has 0 aliphatic rings. The molecule has 2 aromatic rings. The highest BCUT2D eigenvalue weighted by Crippen LogP contribution is 2.20. The van der Waals surface area contributed by atoms with Crippen LogP contribution in [0.1, 0.15) is 6.92 Å². The molecule has 23 heavy (non-hydrogen) atoms. The second kappa shape index (κ2) is 8.68. The lowest BCUT2D eigenvalue weighted by molar-refractivity contribution is -0.122. The number of aromatic nitrogens is 3. The van der Waals surface area contributed by atoms with Crippen LogP contribution in [0.4, 0.5) is 5.69 Å². The second-order valence-electron chi connectivity index (χ2n) is 4.49. The van der Waals surface area contributed by atoms with Gasteiger partial charge in [-0.15, -0.1) is 10.2 Å². The highest BCUT2D eigenvalue weighted by atomic mass is 79.9. The lowest BCUT2D eigenvalue weighted by Crippen LogP contribution is -2.34. The Bertz CT molecular complexity index is 691. The Kier molecular flexibility index (Phi) is 6.60. The van der Waals surface area contributed by atoms with Gasteiger partial charge in [-0.25, -0.2) is 0 Å². The van der Waals surface area contributed by atoms with Gasteiger partial charge in [-0.05, 0) is 35.0 Å². The molecule has 2 N–H and O–H groups in total. The number of carbonyl (C=O) groups excluding carboxylic acids is 2. The zero-order valence-corrected chi connectivity index (χ0v) is 14.9. The number of amides is 2. The normalized spacial score (nSPS) is 10.3. The topological polar surface area (TPSA) is 88.9 Å². The van der Waals surface area contributed by atoms with E-state index in [-0.39, 0.29) is 24.1 Å². The van der Waals surface area contributed by atoms with Crippen LogP contribution in [-0.4, -0.2) is 38.9 Å². The van der Waals surface area contributed by atoms with Crippen molar-refractivity contribution in [3.8, 4) is 0 Å². The Hall–Kier alpha value is -1.87. The molecule has 2 rings (SSSR count). The maximum Gasteiger partial charge on any atom is 0.243 e. The summed E-state index contributed by atoms with van der Waals surface area (Å²) in [6, 6.07) is 7.28. The number of thioether (sulfide) groups is 1. The highest BCUT2D eigenvalue weighted by Gasteiger charge is 2.10. The molecule has 0 unspecified atom stereocenters. The number of halogens is 1. The number of hydrogen-bond donors (Lipinski definition) is 2. The third-order valence-corrected chi connectivity index (χ3v) is 4.52. The van der Waals surface area contributed by atoms with Crippen molar-refractivity contribution in [2.24, 2.45) is 0 Å². The highest BCUT2D eigenvalue weighted by molar-refractivity contribution is 9.10. The molecule has 0 saturated heterocycles. The number of aryl methyl sites for hydroxylation is 1. The molecule has 1 aromatic heterocycles. The predicted octanol–water partition coefficient (Wildman–Crippen LogP) is 1.91. The minimum atomic E-state index is -0.285. The van der Waals surface area contributed by atoms with Crippen molar-refractivity contribution in [2.45, 2.75) is 18.6 Å². The van der Waals surface area contributed by atoms with E-state index in [4.69, 9.17) is 0 Å². The lowest BCUT2D eigenvalue weighted by Gasteiger charge is -2.08. The van der Waals surface area contributed by atoms with Gasteiger partial charge in [0.05, 0.1) is 18.0 Å². The molecule has 0 aliphatic heterocycles. The Balaban J connectivity index is 1.74. The lowest BCUT2D eigenvalue weighted by atomic mass is 10.3. The summed E-state index contributed by atoms with van der Waals surface area (Å²) in [7, 11) is 0. The Morgan fingerprint density at radius 3 is 2.83 bits per heavy atom. The summed E-state index contributed by atoms with van der Waals surface area (Å²) in [5.74, 6) is -0.337. The standard InChI is InChI=1S/C14H16BrN5O2S/c1-2-20-9-17-19-14(20)23-8-13(22)16-7-12(21)18-11-6-4-3-5-10(11)15/h3-6,9H,2,7-8H2,1H3,(H,16,22)(H,18,21). The fraction of sp³-hybridized carbons (Fsp3) is 0.286. The Morgan fingerprint density at radius 1 is 1.30 bits per heavy atom. The summed E-state index contributed by atoms with van der Waals surface area (Å²) in [5, 5.41) is 13.7. The van der Waals surface area contributed by atoms with E-state index >= 15 is 0 Å². The van der Waals surface area contributed by atoms with E-state index in [9.17, 15) is 9.59 Å². The van der Waals surface area contributed by atoms with Gasteiger partial charge in [-0.3, -0.25) is 9.59 Å². The van der Waals surface area contributed by atoms with Crippen LogP contribution in [0.15, 0.2) is 40.2 Å². The minimum Gasteiger partial charge on any atom is -0.346 e. The largest absolute Gasteiger partial charge is 0.346 e. The summed E-state index contributed by atoms with van der Waals surface area (Å²) >= 11 is 4.63. The van der Waals surface area contributed by atoms with E-state index in [0.29, 0.717) is 10.8 Å². The molecule has 7 nitrogen and oxygen atoms in total. The van der Waals surface area contributed by atoms with Crippen molar-refractivity contribution in [3.63, 3.8) is 0 Å². The van der Waals surface area contributed by atoms with Crippen molar-refractivity contribution in [1.82, 2.24) is 20.1 Å². The van der Waals surface area contributed by atoms with Crippen LogP contribution in [0.5, 0.6) is 0 Å². The number of benzene rings is 1. The third-order valence-electron chi connectivity index (χ3n) is 2.85. The molecule has 0 radical (unpaired) electrons. The maximum atomic E-state index is 11.8. The van der Waals surface area contributed by atoms with Crippen molar-refractivity contribution < 1.29 is 9.59 Å². The second-order valence-corrected chi connectivity index (χ2v) is 6.29. The predicted molar refractivity (Wildman–Crippen MR) is 92.2 cm³/mol. The zero-order chi connectivity index (χ0) is 16.7. The molecule has 2 amide bonds. The van der Waals surface area contributed by atoms with E-state index < -0.39 is 0 Å². The van der Waals surface area contributed by atoms with Gasteiger partial charge >= 0.3 is 0 Å². The molecule has 0 spiro atoms. The summed E-state index contributed by atoms with van der Waals surface area (Å²) in [6.45, 7) is 2.63. The molecule has 122 valence electrons. The number of anilines is 1. The number of nitrogens with zero attached hydrogens (tertiary/aromatic N) is 3. The van der Waals surface area contributed by atoms with Gasteiger partial charge in [-0.2, -0.15) is 0 Å². The molecule has 0 fully saturated rings. The average molecular weight is 398 g/mol. The zero-order valence-electron chi connectivity index (χ0n) is 12.5. The molecular formula is C14H16BrN5O2S. The van der Waals surface area contributed by atoms with Crippen LogP contribution in [0.25, 0.3) is 0 Å². The number of nitrogens with one attached hydrogen (secondary N) is 2. The molecule has 1 heterocycles. The van der Waals surface area contributed by atoms with E-state index in [1.54, 1.807) is 12.4 Å². The maximum absolute atomic E-state index is 11.8. The van der Waals surface area contributed by atoms with Crippen LogP contribution in [-0.2, 0) is 16.1 Å². The van der Waals surface area contributed by atoms with Gasteiger partial charge in [0.1, 0.15) is 6.33 Å². The van der Waals surface area contributed by atoms with Crippen molar-refractivity contribution in [1.29, 1.82) is 0 Å². The number of rotatable bonds is 7. The first-order chi connectivity index (χ1) is 11.1. The first kappa shape index (κ1) is 17.5. The molecule has 0 saturated carbocycles. The Morgan fingerprint density at radius 2 is 2.09 bits per heavy atom. The van der Waals surface area contributed by atoms with Crippen molar-refractivity contribution in [2.75, 3.05) is 17.6 Å². The third kappa shape index (κ3) is 5.36. The fourth-order valence-electron chi connectivity index (χ4n) is 1.69. The van der Waals surface area contributed by atoms with Gasteiger partial charge in [0.25, 0.3) is 0 Å². The van der Waals surface area contributed by atoms with E-state index in [2.05, 4.69) is 36.8 Å². The molecule has 0 aliphatic carbocycles. The van der Waals surface area contributed by atoms with Crippen LogP contribution in [0.2, 0.25) is 0 Å². The van der Waals surface area contributed by atoms with Crippen molar-refractivity contribution in [3.05, 3.63) is 35.1 Å². The number of hydrogen-bond acceptors (Lipinski definition) is 5. The number of carbonyl (C=O) groups is 2. The molecule has 1 aromatic carbocycles. The SMILES string of the molecule is CCn1cnnc1SCC(=O)NCC(=O)Nc1ccccc1Br. The summed E-state index contributed by atoms with van der Waals surface area (Å²) < 4.78 is 2.63. The Labute approximate surface area is 146 Å². The first-order valence-corrected chi connectivity index (χ1v) is 8.69. The first-order valence-electron chi connectivity index (χ1n) is 6.91. The van der Waals surface area contributed by atoms with Gasteiger partial charge in [0.2, 0.25) is 11.8 Å². The number of para-hydroxylation sites is 1. The summed E-state index contributed by atoms with van der Waals surface area (Å²) in [6.07, 6.45) is 1.62. The molecule has 0 atom stereocenters. The van der Waals surface area contributed by atoms with Crippen LogP contribution in [0, 0.1) is 0 Å². The fourth-order valence-corrected chi connectivity index (χ4v) is 2.88. The van der Waals surface area contributed by atoms with Crippen molar-refractivity contribution >= 4 is 45.2 Å². The summed E-state index contributed by atoms with van der Waals surface area (Å²) in [4.78, 5) is 23.6. The smallest absolute Gasteiger partial charge is 0.243 e. The van der Waals surface area contributed by atoms with E-state index in [0.717, 1.165) is 11.0 Å². The van der Waals surface area contributed by atoms with Gasteiger partial charge in [-0.1, -0.05) is 23.9 Å². The van der Waals surface area contributed by atoms with Gasteiger partial charge in [0.15, 0.2) is 5.16 Å². The quantitative estimate of drug-likeness (QED) is 0.696. The monoisotopic (exact) mass is 397 g/mol. The average Bonchev–Trinajstić information content (AvgIpc) is 3.00.